The Kier molecular flexibility index (Phi) is 3.54. The van der Waals surface area contributed by atoms with Gasteiger partial charge >= 0.3 is 0 Å². The summed E-state index contributed by atoms with van der Waals surface area (Å²) in [7, 11) is 0. The smallest absolute Gasteiger partial charge is 0.189 e. The van der Waals surface area contributed by atoms with Crippen LogP contribution in [0.2, 0.25) is 0 Å². The zero-order valence-electron chi connectivity index (χ0n) is 12.8. The molecule has 6 nitrogen and oxygen atoms in total. The van der Waals surface area contributed by atoms with Crippen LogP contribution in [0.25, 0.3) is 0 Å². The number of aromatic nitrogens is 3. The van der Waals surface area contributed by atoms with Crippen LogP contribution >= 0.6 is 11.8 Å². The van der Waals surface area contributed by atoms with Gasteiger partial charge in [0.15, 0.2) is 5.16 Å². The highest BCUT2D eigenvalue weighted by Gasteiger charge is 2.45. The second kappa shape index (κ2) is 5.70. The number of hydrogen-bond acceptors (Lipinski definition) is 7. The molecule has 5 heterocycles. The summed E-state index contributed by atoms with van der Waals surface area (Å²) in [5, 5.41) is 9.83. The SMILES string of the molecule is CSc1nccc(N2CC3CC(C2)N3c2cccc(C#N)n2)n1. The van der Waals surface area contributed by atoms with Gasteiger partial charge < -0.3 is 9.80 Å². The summed E-state index contributed by atoms with van der Waals surface area (Å²) < 4.78 is 0. The molecule has 3 fully saturated rings. The molecule has 2 atom stereocenters. The minimum Gasteiger partial charge on any atom is -0.352 e. The first-order valence-electron chi connectivity index (χ1n) is 7.56. The molecule has 0 saturated carbocycles. The number of nitrogens with zero attached hydrogens (tertiary/aromatic N) is 6. The summed E-state index contributed by atoms with van der Waals surface area (Å²) in [4.78, 5) is 17.9. The number of pyridine rings is 1. The van der Waals surface area contributed by atoms with Gasteiger partial charge in [-0.2, -0.15) is 5.26 Å². The van der Waals surface area contributed by atoms with E-state index >= 15 is 0 Å². The van der Waals surface area contributed by atoms with E-state index in [0.717, 1.165) is 29.9 Å². The van der Waals surface area contributed by atoms with Gasteiger partial charge in [-0.15, -0.1) is 0 Å². The zero-order chi connectivity index (χ0) is 15.8. The fourth-order valence-corrected chi connectivity index (χ4v) is 3.76. The topological polar surface area (TPSA) is 68.9 Å². The Morgan fingerprint density at radius 1 is 1.17 bits per heavy atom. The van der Waals surface area contributed by atoms with E-state index in [9.17, 15) is 0 Å². The molecule has 2 aromatic rings. The maximum atomic E-state index is 9.02. The molecule has 0 aliphatic carbocycles. The molecule has 0 amide bonds. The summed E-state index contributed by atoms with van der Waals surface area (Å²) >= 11 is 1.56. The fourth-order valence-electron chi connectivity index (χ4n) is 3.41. The largest absolute Gasteiger partial charge is 0.352 e. The lowest BCUT2D eigenvalue weighted by atomic mass is 9.87. The second-order valence-corrected chi connectivity index (χ2v) is 6.52. The van der Waals surface area contributed by atoms with Gasteiger partial charge in [0, 0.05) is 19.3 Å². The van der Waals surface area contributed by atoms with Crippen molar-refractivity contribution in [3.63, 3.8) is 0 Å². The van der Waals surface area contributed by atoms with Gasteiger partial charge in [-0.25, -0.2) is 15.0 Å². The predicted molar refractivity (Wildman–Crippen MR) is 89.7 cm³/mol. The van der Waals surface area contributed by atoms with E-state index in [1.165, 1.54) is 6.42 Å². The molecule has 5 rings (SSSR count). The van der Waals surface area contributed by atoms with Crippen molar-refractivity contribution >= 4 is 23.4 Å². The third-order valence-electron chi connectivity index (χ3n) is 4.43. The Bertz CT molecular complexity index is 761. The van der Waals surface area contributed by atoms with Crippen molar-refractivity contribution in [2.75, 3.05) is 29.1 Å². The van der Waals surface area contributed by atoms with E-state index in [2.05, 4.69) is 30.8 Å². The van der Waals surface area contributed by atoms with Gasteiger partial charge in [0.2, 0.25) is 0 Å². The molecule has 116 valence electrons. The van der Waals surface area contributed by atoms with Crippen molar-refractivity contribution in [3.05, 3.63) is 36.2 Å². The number of thioether (sulfide) groups is 1. The second-order valence-electron chi connectivity index (χ2n) is 5.75. The van der Waals surface area contributed by atoms with Crippen LogP contribution in [0.3, 0.4) is 0 Å². The molecule has 7 heteroatoms. The molecule has 23 heavy (non-hydrogen) atoms. The van der Waals surface area contributed by atoms with Crippen molar-refractivity contribution < 1.29 is 0 Å². The van der Waals surface area contributed by atoms with E-state index in [-0.39, 0.29) is 0 Å². The van der Waals surface area contributed by atoms with E-state index < -0.39 is 0 Å². The Morgan fingerprint density at radius 3 is 2.74 bits per heavy atom. The van der Waals surface area contributed by atoms with Crippen LogP contribution < -0.4 is 9.80 Å². The first kappa shape index (κ1) is 14.3. The highest BCUT2D eigenvalue weighted by atomic mass is 32.2. The first-order valence-corrected chi connectivity index (χ1v) is 8.78. The van der Waals surface area contributed by atoms with Gasteiger partial charge in [0.25, 0.3) is 0 Å². The van der Waals surface area contributed by atoms with Crippen molar-refractivity contribution in [1.29, 1.82) is 5.26 Å². The van der Waals surface area contributed by atoms with Crippen molar-refractivity contribution in [2.24, 2.45) is 0 Å². The lowest BCUT2D eigenvalue weighted by Crippen LogP contribution is -2.69. The summed E-state index contributed by atoms with van der Waals surface area (Å²) in [5.41, 5.74) is 0.477. The van der Waals surface area contributed by atoms with Crippen LogP contribution in [0.1, 0.15) is 12.1 Å². The molecular weight excluding hydrogens is 308 g/mol. The number of rotatable bonds is 3. The molecule has 3 saturated heterocycles. The number of anilines is 2. The van der Waals surface area contributed by atoms with Gasteiger partial charge in [-0.1, -0.05) is 17.8 Å². The van der Waals surface area contributed by atoms with Crippen molar-refractivity contribution in [1.82, 2.24) is 15.0 Å². The Morgan fingerprint density at radius 2 is 2.00 bits per heavy atom. The lowest BCUT2D eigenvalue weighted by Gasteiger charge is -2.57. The van der Waals surface area contributed by atoms with Gasteiger partial charge in [-0.05, 0) is 30.9 Å². The highest BCUT2D eigenvalue weighted by Crippen LogP contribution is 2.37. The average molecular weight is 324 g/mol. The van der Waals surface area contributed by atoms with E-state index in [0.29, 0.717) is 17.8 Å². The fraction of sp³-hybridized carbons (Fsp3) is 0.375. The summed E-state index contributed by atoms with van der Waals surface area (Å²) in [6.45, 7) is 1.86. The predicted octanol–water partition coefficient (Wildman–Crippen LogP) is 1.93. The minimum atomic E-state index is 0.433. The number of piperazine rings is 1. The third-order valence-corrected chi connectivity index (χ3v) is 4.99. The average Bonchev–Trinajstić information content (AvgIpc) is 2.62. The van der Waals surface area contributed by atoms with Crippen LogP contribution in [0.5, 0.6) is 0 Å². The highest BCUT2D eigenvalue weighted by molar-refractivity contribution is 7.98. The number of piperidine rings is 1. The van der Waals surface area contributed by atoms with E-state index in [1.807, 2.05) is 30.7 Å². The molecule has 0 spiro atoms. The van der Waals surface area contributed by atoms with Crippen LogP contribution in [0, 0.1) is 11.3 Å². The Balaban J connectivity index is 1.53. The molecule has 3 aliphatic heterocycles. The maximum Gasteiger partial charge on any atom is 0.189 e. The summed E-state index contributed by atoms with van der Waals surface area (Å²) in [6.07, 6.45) is 4.99. The van der Waals surface area contributed by atoms with Gasteiger partial charge in [0.05, 0.1) is 12.1 Å². The molecule has 0 radical (unpaired) electrons. The number of fused-ring (bicyclic) bond motifs is 2. The zero-order valence-corrected chi connectivity index (χ0v) is 13.6. The molecule has 0 aromatic carbocycles. The lowest BCUT2D eigenvalue weighted by molar-refractivity contribution is 0.287. The standard InChI is InChI=1S/C16H16N6S/c1-23-16-18-6-5-14(20-16)21-9-12-7-13(10-21)22(12)15-4-2-3-11(8-17)19-15/h2-6,12-13H,7,9-10H2,1H3. The molecule has 2 aromatic heterocycles. The molecular formula is C16H16N6S. The maximum absolute atomic E-state index is 9.02. The summed E-state index contributed by atoms with van der Waals surface area (Å²) in [6, 6.07) is 10.6. The normalized spacial score (nSPS) is 22.4. The van der Waals surface area contributed by atoms with Crippen LogP contribution in [0.15, 0.2) is 35.6 Å². The van der Waals surface area contributed by atoms with E-state index in [1.54, 1.807) is 17.8 Å². The molecule has 2 unspecified atom stereocenters. The monoisotopic (exact) mass is 324 g/mol. The Labute approximate surface area is 139 Å². The van der Waals surface area contributed by atoms with Crippen LogP contribution in [-0.4, -0.2) is 46.4 Å². The van der Waals surface area contributed by atoms with Gasteiger partial charge in [-0.3, -0.25) is 0 Å². The van der Waals surface area contributed by atoms with E-state index in [4.69, 9.17) is 5.26 Å². The number of nitriles is 1. The van der Waals surface area contributed by atoms with Crippen LogP contribution in [-0.2, 0) is 0 Å². The molecule has 3 aliphatic rings. The third kappa shape index (κ3) is 2.49. The van der Waals surface area contributed by atoms with Gasteiger partial charge in [0.1, 0.15) is 23.4 Å². The summed E-state index contributed by atoms with van der Waals surface area (Å²) in [5.74, 6) is 1.91. The quantitative estimate of drug-likeness (QED) is 0.631. The Hall–Kier alpha value is -2.33. The number of hydrogen-bond donors (Lipinski definition) is 0. The first-order chi connectivity index (χ1) is 11.3. The van der Waals surface area contributed by atoms with Crippen LogP contribution in [0.4, 0.5) is 11.6 Å². The minimum absolute atomic E-state index is 0.433. The van der Waals surface area contributed by atoms with Crippen molar-refractivity contribution in [2.45, 2.75) is 23.7 Å². The molecule has 0 N–H and O–H groups in total. The van der Waals surface area contributed by atoms with Crippen molar-refractivity contribution in [3.8, 4) is 6.07 Å². The molecule has 2 bridgehead atoms.